The van der Waals surface area contributed by atoms with Gasteiger partial charge in [-0.15, -0.1) is 0 Å². The van der Waals surface area contributed by atoms with E-state index in [1.165, 1.54) is 50.4 Å². The van der Waals surface area contributed by atoms with E-state index < -0.39 is 137 Å². The third-order valence-electron chi connectivity index (χ3n) is 11.1. The maximum absolute atomic E-state index is 15.9. The lowest BCUT2D eigenvalue weighted by atomic mass is 9.94. The standard InChI is InChI=1S/C24H32FN2O9P.C23H30FN2O10P.2CH4/c1-15(2)34-20(29)17(4)26-37(32,36-18-9-7-6-8-10-18)33-14-24(25)21(30)23(5,31)22(35-24)27-12-11-16(3)13-19(27)28;1-14(2)34-19(29)15(3)25-37(32,36-17-8-6-5-7-9-17)33-13-23(24)20(30)22(4,31)21(35-23)26-11-10-16(27)12-18(26)28;;/h6-12,15,17,21-22,30-31H,3,13-14H2,1-2,4-5H3,(H,26,32);5-11,14-15,20-21,30-31H,12-13H2,1-4H3,(H,25,32);2*1H4/t17-,21-,22+,23+,24+,37-;15-,20-,21+,22+,23+,37+;;/m00../s1. The number of ether oxygens (including phenoxy) is 4. The van der Waals surface area contributed by atoms with Gasteiger partial charge in [-0.2, -0.15) is 10.2 Å². The Morgan fingerprint density at radius 2 is 1.04 bits per heavy atom. The first-order valence-electron chi connectivity index (χ1n) is 23.0. The first-order valence-corrected chi connectivity index (χ1v) is 26.1. The zero-order valence-electron chi connectivity index (χ0n) is 41.7. The number of alkyl halides is 2. The van der Waals surface area contributed by atoms with Crippen molar-refractivity contribution >= 4 is 45.0 Å². The van der Waals surface area contributed by atoms with Crippen molar-refractivity contribution < 1.29 is 99.4 Å². The molecular weight excluding hydrogens is 1050 g/mol. The first-order chi connectivity index (χ1) is 34.3. The molecule has 4 aliphatic rings. The number of ketones is 1. The van der Waals surface area contributed by atoms with Gasteiger partial charge in [0.1, 0.15) is 60.2 Å². The van der Waals surface area contributed by atoms with Crippen LogP contribution in [0.5, 0.6) is 11.5 Å². The van der Waals surface area contributed by atoms with E-state index in [9.17, 15) is 53.5 Å². The summed E-state index contributed by atoms with van der Waals surface area (Å²) in [7, 11) is -9.03. The molecule has 6 N–H and O–H groups in total. The normalized spacial score (nSPS) is 29.5. The van der Waals surface area contributed by atoms with Gasteiger partial charge in [0, 0.05) is 12.4 Å². The molecular formula is C49H70F2N4O19P2. The van der Waals surface area contributed by atoms with Crippen molar-refractivity contribution in [1.82, 2.24) is 20.0 Å². The molecule has 0 aromatic heterocycles. The number of nitrogens with one attached hydrogen (secondary N) is 2. The van der Waals surface area contributed by atoms with Crippen LogP contribution in [-0.2, 0) is 61.1 Å². The van der Waals surface area contributed by atoms with Crippen LogP contribution in [-0.4, -0.2) is 145 Å². The minimum absolute atomic E-state index is 0. The molecule has 0 aliphatic carbocycles. The predicted molar refractivity (Wildman–Crippen MR) is 268 cm³/mol. The summed E-state index contributed by atoms with van der Waals surface area (Å²) in [6, 6.07) is 13.1. The highest BCUT2D eigenvalue weighted by molar-refractivity contribution is 7.52. The van der Waals surface area contributed by atoms with E-state index in [0.29, 0.717) is 5.57 Å². The number of aliphatic hydroxyl groups is 4. The van der Waals surface area contributed by atoms with E-state index in [1.807, 2.05) is 0 Å². The van der Waals surface area contributed by atoms with Crippen LogP contribution >= 0.6 is 15.5 Å². The van der Waals surface area contributed by atoms with Crippen molar-refractivity contribution in [1.29, 1.82) is 0 Å². The molecule has 27 heteroatoms. The highest BCUT2D eigenvalue weighted by Gasteiger charge is 2.66. The molecule has 4 heterocycles. The highest BCUT2D eigenvalue weighted by atomic mass is 31.2. The topological polar surface area (TPSA) is 305 Å². The summed E-state index contributed by atoms with van der Waals surface area (Å²) >= 11 is 0. The number of benzene rings is 2. The molecule has 2 fully saturated rings. The Morgan fingerprint density at radius 3 is 1.38 bits per heavy atom. The number of esters is 2. The fraction of sp³-hybridized carbons (Fsp3) is 0.531. The summed E-state index contributed by atoms with van der Waals surface area (Å²) < 4.78 is 101. The molecule has 12 atom stereocenters. The quantitative estimate of drug-likeness (QED) is 0.0549. The van der Waals surface area contributed by atoms with Gasteiger partial charge in [0.25, 0.3) is 11.7 Å². The van der Waals surface area contributed by atoms with E-state index in [-0.39, 0.29) is 32.8 Å². The Kier molecular flexibility index (Phi) is 22.2. The van der Waals surface area contributed by atoms with E-state index in [1.54, 1.807) is 64.1 Å². The first kappa shape index (κ1) is 65.0. The smallest absolute Gasteiger partial charge is 0.459 e. The highest BCUT2D eigenvalue weighted by Crippen LogP contribution is 2.51. The molecule has 0 bridgehead atoms. The number of halogens is 2. The molecule has 424 valence electrons. The van der Waals surface area contributed by atoms with E-state index >= 15 is 8.78 Å². The minimum atomic E-state index is -4.53. The molecule has 4 aliphatic heterocycles. The van der Waals surface area contributed by atoms with Crippen LogP contribution < -0.4 is 19.2 Å². The molecule has 23 nitrogen and oxygen atoms in total. The molecule has 76 heavy (non-hydrogen) atoms. The van der Waals surface area contributed by atoms with Gasteiger partial charge in [0.15, 0.2) is 18.2 Å². The Morgan fingerprint density at radius 1 is 0.684 bits per heavy atom. The average Bonchev–Trinajstić information content (AvgIpc) is 3.60. The number of allylic oxidation sites excluding steroid dienone is 2. The second kappa shape index (κ2) is 25.9. The predicted octanol–water partition coefficient (Wildman–Crippen LogP) is 5.40. The Bertz CT molecular complexity index is 2370. The van der Waals surface area contributed by atoms with Gasteiger partial charge in [-0.3, -0.25) is 42.8 Å². The molecule has 0 unspecified atom stereocenters. The van der Waals surface area contributed by atoms with Gasteiger partial charge in [-0.1, -0.05) is 57.8 Å². The second-order valence-corrected chi connectivity index (χ2v) is 21.9. The van der Waals surface area contributed by atoms with Crippen molar-refractivity contribution in [3.8, 4) is 11.5 Å². The molecule has 0 spiro atoms. The van der Waals surface area contributed by atoms with Crippen LogP contribution in [0.3, 0.4) is 0 Å². The van der Waals surface area contributed by atoms with Crippen molar-refractivity contribution in [3.63, 3.8) is 0 Å². The number of aliphatic hydroxyl groups excluding tert-OH is 2. The summed E-state index contributed by atoms with van der Waals surface area (Å²) in [5, 5.41) is 47.6. The molecule has 2 amide bonds. The maximum atomic E-state index is 15.9. The number of hydrogen-bond acceptors (Lipinski definition) is 19. The lowest BCUT2D eigenvalue weighted by Gasteiger charge is -2.34. The van der Waals surface area contributed by atoms with Crippen LogP contribution in [0.2, 0.25) is 0 Å². The fourth-order valence-corrected chi connectivity index (χ4v) is 10.4. The lowest BCUT2D eigenvalue weighted by molar-refractivity contribution is -0.210. The summed E-state index contributed by atoms with van der Waals surface area (Å²) in [5.41, 5.74) is -4.13. The molecule has 2 aromatic carbocycles. The maximum Gasteiger partial charge on any atom is 0.459 e. The molecule has 2 aromatic rings. The van der Waals surface area contributed by atoms with Crippen LogP contribution in [0.15, 0.2) is 97.4 Å². The fourth-order valence-electron chi connectivity index (χ4n) is 7.38. The molecule has 2 saturated heterocycles. The number of carbonyl (C=O) groups excluding carboxylic acids is 5. The number of rotatable bonds is 20. The SMILES string of the molecule is C.C.C=C1C=CN([C@@H]2O[C@](F)(CO[P@@](=O)(N[C@@H](C)C(=O)OC(C)C)Oc3ccccc3)[C@@H](O)[C@@]2(C)O)C(=O)C1.CC(C)OC(=O)[C@H](C)N[P@@](=O)(OC[C@@]1(F)O[C@@H](N2C=CC(=O)CC2=O)[C@](C)(O)[C@@H]1O)Oc1ccccc1. The summed E-state index contributed by atoms with van der Waals surface area (Å²) in [6.45, 7) is 12.6. The van der Waals surface area contributed by atoms with Crippen LogP contribution in [0, 0.1) is 0 Å². The minimum Gasteiger partial charge on any atom is -0.462 e. The zero-order chi connectivity index (χ0) is 55.2. The molecule has 0 saturated carbocycles. The molecule has 6 rings (SSSR count). The van der Waals surface area contributed by atoms with Crippen LogP contribution in [0.25, 0.3) is 0 Å². The van der Waals surface area contributed by atoms with Gasteiger partial charge < -0.3 is 48.4 Å². The number of hydrogen-bond donors (Lipinski definition) is 6. The Labute approximate surface area is 440 Å². The third kappa shape index (κ3) is 15.9. The number of para-hydroxylation sites is 2. The van der Waals surface area contributed by atoms with Crippen molar-refractivity contribution in [2.75, 3.05) is 13.2 Å². The van der Waals surface area contributed by atoms with Gasteiger partial charge in [-0.25, -0.2) is 17.9 Å². The van der Waals surface area contributed by atoms with Crippen LogP contribution in [0.1, 0.15) is 83.1 Å². The van der Waals surface area contributed by atoms with Crippen LogP contribution in [0.4, 0.5) is 8.78 Å². The molecule has 0 radical (unpaired) electrons. The Balaban J connectivity index is 0.000000390. The van der Waals surface area contributed by atoms with E-state index in [0.717, 1.165) is 35.9 Å². The zero-order valence-corrected chi connectivity index (χ0v) is 43.5. The number of amides is 2. The summed E-state index contributed by atoms with van der Waals surface area (Å²) in [6.07, 6.45) is -4.60. The summed E-state index contributed by atoms with van der Waals surface area (Å²) in [4.78, 5) is 62.5. The summed E-state index contributed by atoms with van der Waals surface area (Å²) in [5.74, 6) is -9.51. The number of carbonyl (C=O) groups is 5. The average molecular weight is 1120 g/mol. The second-order valence-electron chi connectivity index (χ2n) is 18.5. The van der Waals surface area contributed by atoms with Gasteiger partial charge in [-0.05, 0) is 97.4 Å². The van der Waals surface area contributed by atoms with Crippen molar-refractivity contribution in [2.24, 2.45) is 0 Å². The van der Waals surface area contributed by atoms with Crippen molar-refractivity contribution in [3.05, 3.63) is 97.4 Å². The van der Waals surface area contributed by atoms with Crippen molar-refractivity contribution in [2.45, 2.75) is 155 Å². The number of nitrogens with zero attached hydrogens (tertiary/aromatic N) is 2. The largest absolute Gasteiger partial charge is 0.462 e. The Hall–Kier alpha value is -5.27. The van der Waals surface area contributed by atoms with E-state index in [2.05, 4.69) is 16.8 Å². The van der Waals surface area contributed by atoms with Gasteiger partial charge in [0.05, 0.1) is 25.0 Å². The van der Waals surface area contributed by atoms with Gasteiger partial charge in [0.2, 0.25) is 11.8 Å². The van der Waals surface area contributed by atoms with E-state index in [4.69, 9.17) is 37.0 Å². The monoisotopic (exact) mass is 1120 g/mol. The van der Waals surface area contributed by atoms with Gasteiger partial charge >= 0.3 is 27.4 Å². The lowest BCUT2D eigenvalue weighted by Crippen LogP contribution is -2.54. The third-order valence-corrected chi connectivity index (χ3v) is 14.4.